The second kappa shape index (κ2) is 5.94. The lowest BCUT2D eigenvalue weighted by atomic mass is 10.3. The first kappa shape index (κ1) is 13.0. The maximum absolute atomic E-state index is 6.13. The molecule has 1 aromatic carbocycles. The number of pyridine rings is 1. The SMILES string of the molecule is CNc1ccc(OCc2ccncc2)c(Cl)c1Cl. The van der Waals surface area contributed by atoms with Gasteiger partial charge in [0, 0.05) is 19.4 Å². The van der Waals surface area contributed by atoms with Crippen LogP contribution < -0.4 is 10.1 Å². The summed E-state index contributed by atoms with van der Waals surface area (Å²) in [6.07, 6.45) is 3.44. The molecule has 0 atom stereocenters. The molecule has 0 radical (unpaired) electrons. The Bertz CT molecular complexity index is 532. The standard InChI is InChI=1S/C13H12Cl2N2O/c1-16-10-2-3-11(13(15)12(10)14)18-8-9-4-6-17-7-5-9/h2-7,16H,8H2,1H3. The van der Waals surface area contributed by atoms with Crippen LogP contribution in [0.5, 0.6) is 5.75 Å². The van der Waals surface area contributed by atoms with Crippen LogP contribution in [0.15, 0.2) is 36.7 Å². The molecule has 1 N–H and O–H groups in total. The van der Waals surface area contributed by atoms with Crippen LogP contribution in [0.4, 0.5) is 5.69 Å². The molecule has 0 saturated heterocycles. The van der Waals surface area contributed by atoms with E-state index in [1.807, 2.05) is 18.2 Å². The van der Waals surface area contributed by atoms with Crippen molar-refractivity contribution in [2.75, 3.05) is 12.4 Å². The summed E-state index contributed by atoms with van der Waals surface area (Å²) in [5, 5.41) is 3.84. The highest BCUT2D eigenvalue weighted by molar-refractivity contribution is 6.44. The van der Waals surface area contributed by atoms with Crippen LogP contribution >= 0.6 is 23.2 Å². The molecule has 0 amide bonds. The molecule has 0 saturated carbocycles. The average molecular weight is 283 g/mol. The van der Waals surface area contributed by atoms with E-state index in [1.54, 1.807) is 25.5 Å². The molecule has 3 nitrogen and oxygen atoms in total. The fraction of sp³-hybridized carbons (Fsp3) is 0.154. The number of rotatable bonds is 4. The molecule has 94 valence electrons. The molecular weight excluding hydrogens is 271 g/mol. The van der Waals surface area contributed by atoms with Gasteiger partial charge in [-0.15, -0.1) is 0 Å². The van der Waals surface area contributed by atoms with Gasteiger partial charge in [0.05, 0.1) is 10.7 Å². The van der Waals surface area contributed by atoms with Crippen molar-refractivity contribution >= 4 is 28.9 Å². The monoisotopic (exact) mass is 282 g/mol. The molecular formula is C13H12Cl2N2O. The Labute approximate surface area is 116 Å². The summed E-state index contributed by atoms with van der Waals surface area (Å²) in [5.41, 5.74) is 1.80. The Morgan fingerprint density at radius 3 is 2.50 bits per heavy atom. The summed E-state index contributed by atoms with van der Waals surface area (Å²) in [6, 6.07) is 7.40. The van der Waals surface area contributed by atoms with E-state index in [9.17, 15) is 0 Å². The molecule has 0 aliphatic heterocycles. The summed E-state index contributed by atoms with van der Waals surface area (Å²) in [7, 11) is 1.79. The zero-order chi connectivity index (χ0) is 13.0. The van der Waals surface area contributed by atoms with Crippen LogP contribution in [-0.4, -0.2) is 12.0 Å². The normalized spacial score (nSPS) is 10.2. The molecule has 0 unspecified atom stereocenters. The van der Waals surface area contributed by atoms with Crippen molar-refractivity contribution in [3.05, 3.63) is 52.3 Å². The largest absolute Gasteiger partial charge is 0.487 e. The van der Waals surface area contributed by atoms with Crippen molar-refractivity contribution in [1.29, 1.82) is 0 Å². The quantitative estimate of drug-likeness (QED) is 0.920. The number of halogens is 2. The van der Waals surface area contributed by atoms with Gasteiger partial charge in [-0.25, -0.2) is 0 Å². The van der Waals surface area contributed by atoms with Crippen molar-refractivity contribution in [2.45, 2.75) is 6.61 Å². The number of aromatic nitrogens is 1. The lowest BCUT2D eigenvalue weighted by molar-refractivity contribution is 0.306. The number of ether oxygens (including phenoxy) is 1. The first-order valence-corrected chi connectivity index (χ1v) is 6.15. The van der Waals surface area contributed by atoms with Crippen LogP contribution in [0.25, 0.3) is 0 Å². The second-order valence-corrected chi connectivity index (χ2v) is 4.39. The molecule has 0 spiro atoms. The van der Waals surface area contributed by atoms with Crippen LogP contribution in [0.1, 0.15) is 5.56 Å². The number of nitrogens with zero attached hydrogens (tertiary/aromatic N) is 1. The summed E-state index contributed by atoms with van der Waals surface area (Å²) >= 11 is 12.2. The van der Waals surface area contributed by atoms with Gasteiger partial charge in [0.1, 0.15) is 17.4 Å². The number of hydrogen-bond acceptors (Lipinski definition) is 3. The van der Waals surface area contributed by atoms with Crippen LogP contribution in [0, 0.1) is 0 Å². The molecule has 0 aliphatic carbocycles. The van der Waals surface area contributed by atoms with E-state index in [4.69, 9.17) is 27.9 Å². The molecule has 0 bridgehead atoms. The van der Waals surface area contributed by atoms with Crippen molar-refractivity contribution in [3.63, 3.8) is 0 Å². The van der Waals surface area contributed by atoms with Crippen LogP contribution in [0.2, 0.25) is 10.0 Å². The van der Waals surface area contributed by atoms with E-state index in [-0.39, 0.29) is 0 Å². The number of hydrogen-bond donors (Lipinski definition) is 1. The number of nitrogens with one attached hydrogen (secondary N) is 1. The minimum atomic E-state index is 0.414. The summed E-state index contributed by atoms with van der Waals surface area (Å²) < 4.78 is 5.63. The molecule has 0 fully saturated rings. The highest BCUT2D eigenvalue weighted by Gasteiger charge is 2.10. The number of anilines is 1. The van der Waals surface area contributed by atoms with Gasteiger partial charge in [0.25, 0.3) is 0 Å². The molecule has 0 aliphatic rings. The molecule has 1 heterocycles. The molecule has 2 aromatic rings. The van der Waals surface area contributed by atoms with E-state index in [0.29, 0.717) is 22.4 Å². The Hall–Kier alpha value is -1.45. The van der Waals surface area contributed by atoms with Crippen molar-refractivity contribution < 1.29 is 4.74 Å². The highest BCUT2D eigenvalue weighted by Crippen LogP contribution is 2.37. The topological polar surface area (TPSA) is 34.1 Å². The smallest absolute Gasteiger partial charge is 0.140 e. The van der Waals surface area contributed by atoms with Gasteiger partial charge >= 0.3 is 0 Å². The third kappa shape index (κ3) is 2.86. The summed E-state index contributed by atoms with van der Waals surface area (Å²) in [4.78, 5) is 3.94. The first-order chi connectivity index (χ1) is 8.72. The van der Waals surface area contributed by atoms with E-state index >= 15 is 0 Å². The van der Waals surface area contributed by atoms with Gasteiger partial charge in [-0.05, 0) is 29.8 Å². The molecule has 5 heteroatoms. The Morgan fingerprint density at radius 2 is 1.83 bits per heavy atom. The van der Waals surface area contributed by atoms with Gasteiger partial charge in [0.15, 0.2) is 0 Å². The first-order valence-electron chi connectivity index (χ1n) is 5.40. The lowest BCUT2D eigenvalue weighted by Gasteiger charge is -2.11. The third-order valence-electron chi connectivity index (χ3n) is 2.46. The van der Waals surface area contributed by atoms with Crippen LogP contribution in [0.3, 0.4) is 0 Å². The zero-order valence-electron chi connectivity index (χ0n) is 9.78. The summed E-state index contributed by atoms with van der Waals surface area (Å²) in [6.45, 7) is 0.428. The fourth-order valence-electron chi connectivity index (χ4n) is 1.48. The fourth-order valence-corrected chi connectivity index (χ4v) is 1.95. The molecule has 1 aromatic heterocycles. The van der Waals surface area contributed by atoms with E-state index in [0.717, 1.165) is 11.3 Å². The van der Waals surface area contributed by atoms with E-state index in [2.05, 4.69) is 10.3 Å². The zero-order valence-corrected chi connectivity index (χ0v) is 11.3. The predicted octanol–water partition coefficient (Wildman–Crippen LogP) is 4.01. The predicted molar refractivity (Wildman–Crippen MR) is 74.6 cm³/mol. The van der Waals surface area contributed by atoms with E-state index < -0.39 is 0 Å². The molecule has 2 rings (SSSR count). The third-order valence-corrected chi connectivity index (χ3v) is 3.32. The lowest BCUT2D eigenvalue weighted by Crippen LogP contribution is -1.97. The van der Waals surface area contributed by atoms with Crippen molar-refractivity contribution in [1.82, 2.24) is 4.98 Å². The van der Waals surface area contributed by atoms with Crippen LogP contribution in [-0.2, 0) is 6.61 Å². The van der Waals surface area contributed by atoms with Gasteiger partial charge in [-0.3, -0.25) is 4.98 Å². The number of benzene rings is 1. The Morgan fingerprint density at radius 1 is 1.11 bits per heavy atom. The second-order valence-electron chi connectivity index (χ2n) is 3.63. The van der Waals surface area contributed by atoms with Gasteiger partial charge in [-0.1, -0.05) is 23.2 Å². The summed E-state index contributed by atoms with van der Waals surface area (Å²) in [5.74, 6) is 0.567. The van der Waals surface area contributed by atoms with Gasteiger partial charge in [-0.2, -0.15) is 0 Å². The van der Waals surface area contributed by atoms with Gasteiger partial charge < -0.3 is 10.1 Å². The Balaban J connectivity index is 2.13. The van der Waals surface area contributed by atoms with Crippen molar-refractivity contribution in [3.8, 4) is 5.75 Å². The highest BCUT2D eigenvalue weighted by atomic mass is 35.5. The average Bonchev–Trinajstić information content (AvgIpc) is 2.42. The van der Waals surface area contributed by atoms with E-state index in [1.165, 1.54) is 0 Å². The van der Waals surface area contributed by atoms with Crippen molar-refractivity contribution in [2.24, 2.45) is 0 Å². The van der Waals surface area contributed by atoms with Gasteiger partial charge in [0.2, 0.25) is 0 Å². The minimum Gasteiger partial charge on any atom is -0.487 e. The maximum atomic E-state index is 6.13. The molecule has 18 heavy (non-hydrogen) atoms. The maximum Gasteiger partial charge on any atom is 0.140 e. The Kier molecular flexibility index (Phi) is 4.28. The minimum absolute atomic E-state index is 0.414.